The van der Waals surface area contributed by atoms with Crippen LogP contribution in [0.5, 0.6) is 0 Å². The Hall–Kier alpha value is -1.76. The van der Waals surface area contributed by atoms with Crippen molar-refractivity contribution in [3.63, 3.8) is 0 Å². The highest BCUT2D eigenvalue weighted by molar-refractivity contribution is 6.30. The first-order chi connectivity index (χ1) is 11.0. The SMILES string of the molecule is CC(C)(C(=O)Nc1ccc(Cl)cc1C(F)(F)F)C(=O)N1CCCC1. The first kappa shape index (κ1) is 18.6. The Morgan fingerprint density at radius 1 is 1.17 bits per heavy atom. The van der Waals surface area contributed by atoms with Crippen molar-refractivity contribution in [3.8, 4) is 0 Å². The van der Waals surface area contributed by atoms with Gasteiger partial charge in [0.2, 0.25) is 11.8 Å². The van der Waals surface area contributed by atoms with E-state index in [0.29, 0.717) is 13.1 Å². The molecule has 0 saturated carbocycles. The molecule has 0 spiro atoms. The molecular weight excluding hydrogens is 345 g/mol. The summed E-state index contributed by atoms with van der Waals surface area (Å²) in [6.07, 6.45) is -2.95. The third kappa shape index (κ3) is 3.83. The summed E-state index contributed by atoms with van der Waals surface area (Å²) < 4.78 is 39.3. The molecular formula is C16H18ClF3N2O2. The number of alkyl halides is 3. The maximum absolute atomic E-state index is 13.1. The summed E-state index contributed by atoms with van der Waals surface area (Å²) in [5.74, 6) is -1.17. The van der Waals surface area contributed by atoms with Crippen LogP contribution in [0, 0.1) is 5.41 Å². The van der Waals surface area contributed by atoms with Crippen molar-refractivity contribution in [3.05, 3.63) is 28.8 Å². The van der Waals surface area contributed by atoms with Gasteiger partial charge in [-0.3, -0.25) is 9.59 Å². The zero-order valence-electron chi connectivity index (χ0n) is 13.3. The Kier molecular flexibility index (Phi) is 5.13. The minimum Gasteiger partial charge on any atom is -0.342 e. The number of carbonyl (C=O) groups excluding carboxylic acids is 2. The number of carbonyl (C=O) groups is 2. The maximum atomic E-state index is 13.1. The van der Waals surface area contributed by atoms with E-state index in [1.165, 1.54) is 19.9 Å². The molecule has 132 valence electrons. The summed E-state index contributed by atoms with van der Waals surface area (Å²) >= 11 is 5.61. The number of nitrogens with zero attached hydrogens (tertiary/aromatic N) is 1. The van der Waals surface area contributed by atoms with E-state index in [0.717, 1.165) is 25.0 Å². The molecule has 0 radical (unpaired) electrons. The monoisotopic (exact) mass is 362 g/mol. The second kappa shape index (κ2) is 6.63. The Balaban J connectivity index is 2.24. The fourth-order valence-corrected chi connectivity index (χ4v) is 2.72. The predicted molar refractivity (Wildman–Crippen MR) is 84.7 cm³/mol. The van der Waals surface area contributed by atoms with Crippen molar-refractivity contribution >= 4 is 29.1 Å². The van der Waals surface area contributed by atoms with Gasteiger partial charge < -0.3 is 10.2 Å². The fourth-order valence-electron chi connectivity index (χ4n) is 2.55. The molecule has 0 aromatic heterocycles. The van der Waals surface area contributed by atoms with Gasteiger partial charge in [0, 0.05) is 18.1 Å². The van der Waals surface area contributed by atoms with Crippen molar-refractivity contribution in [1.82, 2.24) is 4.90 Å². The van der Waals surface area contributed by atoms with Crippen LogP contribution >= 0.6 is 11.6 Å². The van der Waals surface area contributed by atoms with Gasteiger partial charge in [0.15, 0.2) is 0 Å². The molecule has 1 aromatic rings. The zero-order chi connectivity index (χ0) is 18.1. The van der Waals surface area contributed by atoms with E-state index in [4.69, 9.17) is 11.6 Å². The lowest BCUT2D eigenvalue weighted by molar-refractivity contribution is -0.145. The van der Waals surface area contributed by atoms with Gasteiger partial charge in [-0.05, 0) is 44.9 Å². The second-order valence-electron chi connectivity index (χ2n) is 6.27. The minimum absolute atomic E-state index is 0.0901. The largest absolute Gasteiger partial charge is 0.418 e. The Morgan fingerprint density at radius 2 is 1.75 bits per heavy atom. The van der Waals surface area contributed by atoms with Crippen molar-refractivity contribution in [2.75, 3.05) is 18.4 Å². The molecule has 1 N–H and O–H groups in total. The molecule has 1 saturated heterocycles. The van der Waals surface area contributed by atoms with Gasteiger partial charge in [0.25, 0.3) is 0 Å². The van der Waals surface area contributed by atoms with Gasteiger partial charge in [0.05, 0.1) is 11.3 Å². The molecule has 4 nitrogen and oxygen atoms in total. The van der Waals surface area contributed by atoms with Crippen molar-refractivity contribution in [1.29, 1.82) is 0 Å². The molecule has 1 aromatic carbocycles. The van der Waals surface area contributed by atoms with E-state index in [9.17, 15) is 22.8 Å². The van der Waals surface area contributed by atoms with Crippen LogP contribution in [0.1, 0.15) is 32.3 Å². The summed E-state index contributed by atoms with van der Waals surface area (Å²) in [4.78, 5) is 26.5. The topological polar surface area (TPSA) is 49.4 Å². The maximum Gasteiger partial charge on any atom is 0.418 e. The molecule has 1 heterocycles. The van der Waals surface area contributed by atoms with E-state index >= 15 is 0 Å². The molecule has 0 atom stereocenters. The van der Waals surface area contributed by atoms with Gasteiger partial charge in [-0.2, -0.15) is 13.2 Å². The number of nitrogens with one attached hydrogen (secondary N) is 1. The fraction of sp³-hybridized carbons (Fsp3) is 0.500. The molecule has 0 bridgehead atoms. The average molecular weight is 363 g/mol. The summed E-state index contributed by atoms with van der Waals surface area (Å²) in [7, 11) is 0. The summed E-state index contributed by atoms with van der Waals surface area (Å²) in [5.41, 5.74) is -2.93. The predicted octanol–water partition coefficient (Wildman–Crippen LogP) is 3.95. The van der Waals surface area contributed by atoms with Crippen molar-refractivity contribution < 1.29 is 22.8 Å². The van der Waals surface area contributed by atoms with Gasteiger partial charge >= 0.3 is 6.18 Å². The number of anilines is 1. The zero-order valence-corrected chi connectivity index (χ0v) is 14.1. The molecule has 8 heteroatoms. The van der Waals surface area contributed by atoms with Crippen molar-refractivity contribution in [2.45, 2.75) is 32.9 Å². The van der Waals surface area contributed by atoms with Crippen LogP contribution in [0.4, 0.5) is 18.9 Å². The molecule has 1 aliphatic rings. The quantitative estimate of drug-likeness (QED) is 0.828. The van der Waals surface area contributed by atoms with Gasteiger partial charge in [-0.25, -0.2) is 0 Å². The molecule has 2 amide bonds. The van der Waals surface area contributed by atoms with Crippen LogP contribution in [0.25, 0.3) is 0 Å². The Morgan fingerprint density at radius 3 is 2.29 bits per heavy atom. The normalized spacial score (nSPS) is 15.5. The highest BCUT2D eigenvalue weighted by Crippen LogP contribution is 2.37. The molecule has 1 fully saturated rings. The lowest BCUT2D eigenvalue weighted by atomic mass is 9.90. The van der Waals surface area contributed by atoms with Crippen LogP contribution < -0.4 is 5.32 Å². The molecule has 2 rings (SSSR count). The van der Waals surface area contributed by atoms with E-state index in [1.807, 2.05) is 0 Å². The van der Waals surface area contributed by atoms with E-state index in [1.54, 1.807) is 4.90 Å². The molecule has 0 aliphatic carbocycles. The van der Waals surface area contributed by atoms with Crippen LogP contribution in [0.15, 0.2) is 18.2 Å². The smallest absolute Gasteiger partial charge is 0.342 e. The average Bonchev–Trinajstić information content (AvgIpc) is 3.01. The Labute approximate surface area is 143 Å². The minimum atomic E-state index is -4.67. The molecule has 24 heavy (non-hydrogen) atoms. The number of likely N-dealkylation sites (tertiary alicyclic amines) is 1. The number of halogens is 4. The highest BCUT2D eigenvalue weighted by Gasteiger charge is 2.41. The van der Waals surface area contributed by atoms with Crippen LogP contribution in [0.3, 0.4) is 0 Å². The summed E-state index contributed by atoms with van der Waals surface area (Å²) in [6.45, 7) is 3.94. The van der Waals surface area contributed by atoms with E-state index < -0.39 is 28.7 Å². The van der Waals surface area contributed by atoms with E-state index in [2.05, 4.69) is 5.32 Å². The molecule has 1 aliphatic heterocycles. The standard InChI is InChI=1S/C16H18ClF3N2O2/c1-15(2,14(24)22-7-3-4-8-22)13(23)21-12-6-5-10(17)9-11(12)16(18,19)20/h5-6,9H,3-4,7-8H2,1-2H3,(H,21,23). The third-order valence-electron chi connectivity index (χ3n) is 4.03. The number of amides is 2. The molecule has 0 unspecified atom stereocenters. The number of rotatable bonds is 3. The summed E-state index contributed by atoms with van der Waals surface area (Å²) in [5, 5.41) is 2.13. The summed E-state index contributed by atoms with van der Waals surface area (Å²) in [6, 6.07) is 3.08. The Bertz CT molecular complexity index is 653. The first-order valence-electron chi connectivity index (χ1n) is 7.51. The van der Waals surface area contributed by atoms with Crippen LogP contribution in [-0.4, -0.2) is 29.8 Å². The van der Waals surface area contributed by atoms with E-state index in [-0.39, 0.29) is 10.9 Å². The number of hydrogen-bond donors (Lipinski definition) is 1. The number of benzene rings is 1. The van der Waals surface area contributed by atoms with Gasteiger partial charge in [-0.15, -0.1) is 0 Å². The van der Waals surface area contributed by atoms with Crippen LogP contribution in [0.2, 0.25) is 5.02 Å². The lowest BCUT2D eigenvalue weighted by Crippen LogP contribution is -2.46. The second-order valence-corrected chi connectivity index (χ2v) is 6.70. The van der Waals surface area contributed by atoms with Crippen molar-refractivity contribution in [2.24, 2.45) is 5.41 Å². The highest BCUT2D eigenvalue weighted by atomic mass is 35.5. The lowest BCUT2D eigenvalue weighted by Gasteiger charge is -2.28. The number of hydrogen-bond acceptors (Lipinski definition) is 2. The van der Waals surface area contributed by atoms with Gasteiger partial charge in [-0.1, -0.05) is 11.6 Å². The third-order valence-corrected chi connectivity index (χ3v) is 4.27. The van der Waals surface area contributed by atoms with Gasteiger partial charge in [0.1, 0.15) is 5.41 Å². The first-order valence-corrected chi connectivity index (χ1v) is 7.89. The van der Waals surface area contributed by atoms with Crippen LogP contribution in [-0.2, 0) is 15.8 Å².